The molecule has 9 nitrogen and oxygen atoms in total. The largest absolute Gasteiger partial charge is 0.514 e. The number of rotatable bonds is 4. The molecule has 16 heavy (non-hydrogen) atoms. The summed E-state index contributed by atoms with van der Waals surface area (Å²) in [4.78, 5) is 31.3. The Morgan fingerprint density at radius 2 is 1.31 bits per heavy atom. The second kappa shape index (κ2) is 8.15. The normalized spacial score (nSPS) is 8.62. The van der Waals surface area contributed by atoms with E-state index < -0.39 is 32.1 Å². The molecular weight excluding hydrogens is 228 g/mol. The summed E-state index contributed by atoms with van der Waals surface area (Å²) < 4.78 is 24.2. The molecule has 0 rings (SSSR count). The average Bonchev–Trinajstić information content (AvgIpc) is 2.28. The Balaban J connectivity index is 3.45. The molecule has 0 aliphatic carbocycles. The van der Waals surface area contributed by atoms with Gasteiger partial charge >= 0.3 is 18.5 Å². The summed E-state index contributed by atoms with van der Waals surface area (Å²) in [7, 11) is 5.48. The second-order valence-corrected chi connectivity index (χ2v) is 1.89. The van der Waals surface area contributed by atoms with Crippen molar-refractivity contribution in [1.29, 1.82) is 0 Å². The van der Waals surface area contributed by atoms with E-state index in [1.807, 2.05) is 0 Å². The SMILES string of the molecule is [CH]OC(=O)OCOC(=O)OCOC(=O)OC. The van der Waals surface area contributed by atoms with Gasteiger partial charge in [-0.05, 0) is 0 Å². The highest BCUT2D eigenvalue weighted by atomic mass is 16.9. The van der Waals surface area contributed by atoms with Crippen molar-refractivity contribution in [3.63, 3.8) is 0 Å². The van der Waals surface area contributed by atoms with Crippen LogP contribution in [-0.4, -0.2) is 39.2 Å². The van der Waals surface area contributed by atoms with E-state index in [0.717, 1.165) is 7.11 Å². The van der Waals surface area contributed by atoms with Crippen molar-refractivity contribution in [2.75, 3.05) is 20.7 Å². The molecule has 0 bridgehead atoms. The molecule has 0 atom stereocenters. The standard InChI is InChI=1S/C7H8O9/c1-11-5(8)13-3-15-7(10)16-4-14-6(9)12-2/h1H,3-4H2,2H3. The van der Waals surface area contributed by atoms with Crippen molar-refractivity contribution >= 4 is 18.5 Å². The van der Waals surface area contributed by atoms with E-state index in [1.54, 1.807) is 0 Å². The summed E-state index contributed by atoms with van der Waals surface area (Å²) in [5, 5.41) is 0. The highest BCUT2D eigenvalue weighted by molar-refractivity contribution is 5.62. The molecule has 0 aliphatic heterocycles. The molecule has 0 spiro atoms. The Kier molecular flexibility index (Phi) is 7.03. The van der Waals surface area contributed by atoms with Crippen LogP contribution in [0.15, 0.2) is 0 Å². The van der Waals surface area contributed by atoms with E-state index in [-0.39, 0.29) is 0 Å². The van der Waals surface area contributed by atoms with Gasteiger partial charge < -0.3 is 28.4 Å². The number of carbonyl (C=O) groups is 3. The van der Waals surface area contributed by atoms with E-state index in [2.05, 4.69) is 35.5 Å². The summed E-state index contributed by atoms with van der Waals surface area (Å²) in [5.41, 5.74) is 0. The molecule has 0 saturated carbocycles. The van der Waals surface area contributed by atoms with E-state index in [4.69, 9.17) is 0 Å². The number of ether oxygens (including phenoxy) is 6. The summed E-state index contributed by atoms with van der Waals surface area (Å²) in [6.07, 6.45) is -3.50. The summed E-state index contributed by atoms with van der Waals surface area (Å²) in [6.45, 7) is -1.46. The Morgan fingerprint density at radius 3 is 1.75 bits per heavy atom. The molecule has 0 N–H and O–H groups in total. The number of hydrogen-bond donors (Lipinski definition) is 0. The Morgan fingerprint density at radius 1 is 0.875 bits per heavy atom. The molecule has 9 heteroatoms. The van der Waals surface area contributed by atoms with Gasteiger partial charge in [0.2, 0.25) is 13.6 Å². The summed E-state index contributed by atoms with van der Waals surface area (Å²) in [6, 6.07) is 0. The topological polar surface area (TPSA) is 107 Å². The van der Waals surface area contributed by atoms with Crippen molar-refractivity contribution in [3.05, 3.63) is 7.11 Å². The minimum Gasteiger partial charge on any atom is -0.438 e. The Labute approximate surface area is 90.1 Å². The van der Waals surface area contributed by atoms with Crippen LogP contribution in [0.3, 0.4) is 0 Å². The highest BCUT2D eigenvalue weighted by Gasteiger charge is 2.08. The van der Waals surface area contributed by atoms with Crippen LogP contribution in [0, 0.1) is 7.11 Å². The lowest BCUT2D eigenvalue weighted by Gasteiger charge is -2.05. The van der Waals surface area contributed by atoms with Crippen LogP contribution < -0.4 is 0 Å². The first-order valence-electron chi connectivity index (χ1n) is 3.64. The van der Waals surface area contributed by atoms with Crippen molar-refractivity contribution in [1.82, 2.24) is 0 Å². The minimum absolute atomic E-state index is 0.702. The van der Waals surface area contributed by atoms with Crippen LogP contribution in [0.1, 0.15) is 0 Å². The Bertz CT molecular complexity index is 224. The van der Waals surface area contributed by atoms with Gasteiger partial charge in [-0.25, -0.2) is 14.4 Å². The van der Waals surface area contributed by atoms with Gasteiger partial charge in [0, 0.05) is 0 Å². The molecule has 2 radical (unpaired) electrons. The van der Waals surface area contributed by atoms with Crippen LogP contribution >= 0.6 is 0 Å². The summed E-state index contributed by atoms with van der Waals surface area (Å²) in [5.74, 6) is 0. The maximum atomic E-state index is 10.6. The van der Waals surface area contributed by atoms with Gasteiger partial charge in [-0.3, -0.25) is 0 Å². The fourth-order valence-electron chi connectivity index (χ4n) is 0.386. The number of carbonyl (C=O) groups excluding carboxylic acids is 3. The molecular formula is C7H8O9. The quantitative estimate of drug-likeness (QED) is 0.395. The third kappa shape index (κ3) is 7.24. The predicted octanol–water partition coefficient (Wildman–Crippen LogP) is 0.659. The Hall–Kier alpha value is -2.19. The van der Waals surface area contributed by atoms with Gasteiger partial charge in [0.15, 0.2) is 7.11 Å². The van der Waals surface area contributed by atoms with E-state index >= 15 is 0 Å². The molecule has 0 unspecified atom stereocenters. The lowest BCUT2D eigenvalue weighted by Crippen LogP contribution is -2.16. The zero-order chi connectivity index (χ0) is 12.4. The van der Waals surface area contributed by atoms with E-state index in [1.165, 1.54) is 0 Å². The zero-order valence-electron chi connectivity index (χ0n) is 8.17. The summed E-state index contributed by atoms with van der Waals surface area (Å²) >= 11 is 0. The predicted molar refractivity (Wildman–Crippen MR) is 42.7 cm³/mol. The molecule has 0 aromatic carbocycles. The number of methoxy groups -OCH3 is 1. The smallest absolute Gasteiger partial charge is 0.438 e. The van der Waals surface area contributed by atoms with Gasteiger partial charge in [0.25, 0.3) is 0 Å². The van der Waals surface area contributed by atoms with Crippen molar-refractivity contribution in [2.24, 2.45) is 0 Å². The molecule has 0 aliphatic rings. The third-order valence-corrected chi connectivity index (χ3v) is 0.970. The van der Waals surface area contributed by atoms with Crippen molar-refractivity contribution in [2.45, 2.75) is 0 Å². The third-order valence-electron chi connectivity index (χ3n) is 0.970. The maximum Gasteiger partial charge on any atom is 0.514 e. The zero-order valence-corrected chi connectivity index (χ0v) is 8.17. The number of hydrogen-bond acceptors (Lipinski definition) is 9. The maximum absolute atomic E-state index is 10.6. The van der Waals surface area contributed by atoms with Crippen LogP contribution in [0.25, 0.3) is 0 Å². The fraction of sp³-hybridized carbons (Fsp3) is 0.429. The highest BCUT2D eigenvalue weighted by Crippen LogP contribution is 1.90. The molecule has 0 fully saturated rings. The van der Waals surface area contributed by atoms with Crippen LogP contribution in [-0.2, 0) is 28.4 Å². The molecule has 0 aromatic rings. The average molecular weight is 236 g/mol. The first kappa shape index (κ1) is 13.8. The van der Waals surface area contributed by atoms with Crippen LogP contribution in [0.2, 0.25) is 0 Å². The lowest BCUT2D eigenvalue weighted by atomic mass is 11.2. The molecule has 90 valence electrons. The van der Waals surface area contributed by atoms with E-state index in [0.29, 0.717) is 0 Å². The molecule has 0 amide bonds. The first-order valence-corrected chi connectivity index (χ1v) is 3.64. The van der Waals surface area contributed by atoms with Crippen LogP contribution in [0.4, 0.5) is 14.4 Å². The fourth-order valence-corrected chi connectivity index (χ4v) is 0.386. The van der Waals surface area contributed by atoms with Gasteiger partial charge in [0.05, 0.1) is 7.11 Å². The monoisotopic (exact) mass is 236 g/mol. The van der Waals surface area contributed by atoms with Crippen molar-refractivity contribution in [3.8, 4) is 0 Å². The van der Waals surface area contributed by atoms with Gasteiger partial charge in [0.1, 0.15) is 0 Å². The second-order valence-electron chi connectivity index (χ2n) is 1.89. The first-order chi connectivity index (χ1) is 7.60. The molecule has 0 heterocycles. The molecule has 0 saturated heterocycles. The van der Waals surface area contributed by atoms with Gasteiger partial charge in [-0.2, -0.15) is 0 Å². The molecule has 0 aromatic heterocycles. The minimum atomic E-state index is -1.24. The van der Waals surface area contributed by atoms with Crippen molar-refractivity contribution < 1.29 is 42.8 Å². The van der Waals surface area contributed by atoms with Crippen LogP contribution in [0.5, 0.6) is 0 Å². The lowest BCUT2D eigenvalue weighted by molar-refractivity contribution is -0.0625. The van der Waals surface area contributed by atoms with Gasteiger partial charge in [-0.15, -0.1) is 0 Å². The van der Waals surface area contributed by atoms with Gasteiger partial charge in [-0.1, -0.05) is 0 Å². The van der Waals surface area contributed by atoms with E-state index in [9.17, 15) is 14.4 Å².